The maximum Gasteiger partial charge on any atom is 0.387 e. The van der Waals surface area contributed by atoms with Crippen molar-refractivity contribution in [3.63, 3.8) is 0 Å². The molecule has 0 bridgehead atoms. The van der Waals surface area contributed by atoms with Gasteiger partial charge in [0.05, 0.1) is 12.3 Å². The number of nitrogens with zero attached hydrogens (tertiary/aromatic N) is 1. The largest absolute Gasteiger partial charge is 0.433 e. The minimum atomic E-state index is -5.25. The summed E-state index contributed by atoms with van der Waals surface area (Å²) in [7, 11) is 0. The number of nitrogens with two attached hydrogens (primary N) is 1. The molecule has 0 unspecified atom stereocenters. The molecule has 0 aromatic heterocycles. The number of benzene rings is 1. The van der Waals surface area contributed by atoms with Crippen molar-refractivity contribution in [2.24, 2.45) is 5.73 Å². The molecule has 1 saturated heterocycles. The second-order valence-corrected chi connectivity index (χ2v) is 6.38. The number of primary amides is 1. The molecule has 4 N–H and O–H groups in total. The Morgan fingerprint density at radius 1 is 1.18 bits per heavy atom. The normalized spacial score (nSPS) is 15.4. The molecule has 1 aromatic rings. The predicted octanol–water partition coefficient (Wildman–Crippen LogP) is 0.460. The van der Waals surface area contributed by atoms with Crippen molar-refractivity contribution in [3.8, 4) is 5.75 Å². The number of morpholine rings is 1. The molecule has 1 aliphatic rings. The van der Waals surface area contributed by atoms with E-state index in [1.54, 1.807) is 0 Å². The van der Waals surface area contributed by atoms with Gasteiger partial charge < -0.3 is 30.7 Å². The second kappa shape index (κ2) is 10.4. The van der Waals surface area contributed by atoms with Crippen LogP contribution in [-0.4, -0.2) is 68.4 Å². The molecule has 1 aliphatic heterocycles. The first-order valence-electron chi connectivity index (χ1n) is 8.88. The summed E-state index contributed by atoms with van der Waals surface area (Å²) >= 11 is 0. The van der Waals surface area contributed by atoms with Crippen LogP contribution in [0.1, 0.15) is 0 Å². The first-order chi connectivity index (χ1) is 15.3. The van der Waals surface area contributed by atoms with Crippen LogP contribution in [0.3, 0.4) is 0 Å². The van der Waals surface area contributed by atoms with Crippen LogP contribution in [-0.2, 0) is 23.9 Å². The van der Waals surface area contributed by atoms with Gasteiger partial charge in [0.1, 0.15) is 6.61 Å². The standard InChI is InChI=1S/C17H16F6N4O6/c18-14(19)17(22,23)15(31)26-11(12(24)29)13(30)25-8-2-1-7(5-9(8)33-16(20)21)27-3-4-32-6-10(27)28/h1-2,5,11,14,16H,3-4,6H2,(H2,24,29)(H,25,30)(H,26,31)/t11-/m1/s1. The molecular weight excluding hydrogens is 470 g/mol. The molecule has 1 heterocycles. The zero-order chi connectivity index (χ0) is 24.9. The lowest BCUT2D eigenvalue weighted by Gasteiger charge is -2.27. The van der Waals surface area contributed by atoms with E-state index in [2.05, 4.69) is 4.74 Å². The van der Waals surface area contributed by atoms with E-state index >= 15 is 0 Å². The van der Waals surface area contributed by atoms with Gasteiger partial charge in [-0.05, 0) is 12.1 Å². The molecule has 16 heteroatoms. The molecule has 0 aliphatic carbocycles. The monoisotopic (exact) mass is 486 g/mol. The number of carbonyl (C=O) groups excluding carboxylic acids is 4. The highest BCUT2D eigenvalue weighted by Gasteiger charge is 2.50. The van der Waals surface area contributed by atoms with E-state index in [0.717, 1.165) is 17.4 Å². The van der Waals surface area contributed by atoms with Gasteiger partial charge >= 0.3 is 19.0 Å². The Balaban J connectivity index is 2.28. The van der Waals surface area contributed by atoms with Crippen LogP contribution in [0.15, 0.2) is 18.2 Å². The van der Waals surface area contributed by atoms with E-state index in [1.807, 2.05) is 5.32 Å². The minimum Gasteiger partial charge on any atom is -0.433 e. The molecule has 1 aromatic carbocycles. The maximum atomic E-state index is 13.1. The molecule has 10 nitrogen and oxygen atoms in total. The van der Waals surface area contributed by atoms with E-state index < -0.39 is 60.1 Å². The molecule has 2 rings (SSSR count). The highest BCUT2D eigenvalue weighted by atomic mass is 19.3. The van der Waals surface area contributed by atoms with Gasteiger partial charge in [0, 0.05) is 18.3 Å². The summed E-state index contributed by atoms with van der Waals surface area (Å²) in [5.41, 5.74) is 4.40. The van der Waals surface area contributed by atoms with Gasteiger partial charge in [0.2, 0.25) is 5.91 Å². The first-order valence-corrected chi connectivity index (χ1v) is 8.88. The third-order valence-corrected chi connectivity index (χ3v) is 4.14. The third kappa shape index (κ3) is 6.24. The Kier molecular flexibility index (Phi) is 8.08. The fourth-order valence-corrected chi connectivity index (χ4v) is 2.56. The van der Waals surface area contributed by atoms with Gasteiger partial charge in [-0.2, -0.15) is 17.6 Å². The van der Waals surface area contributed by atoms with E-state index in [-0.39, 0.29) is 25.4 Å². The van der Waals surface area contributed by atoms with Gasteiger partial charge in [-0.1, -0.05) is 0 Å². The lowest BCUT2D eigenvalue weighted by Crippen LogP contribution is -2.57. The Hall–Kier alpha value is -3.56. The number of nitrogens with one attached hydrogen (secondary N) is 2. The minimum absolute atomic E-state index is 0.0762. The predicted molar refractivity (Wildman–Crippen MR) is 97.0 cm³/mol. The van der Waals surface area contributed by atoms with Crippen LogP contribution in [0, 0.1) is 0 Å². The van der Waals surface area contributed by atoms with Gasteiger partial charge in [-0.3, -0.25) is 19.2 Å². The van der Waals surface area contributed by atoms with Gasteiger partial charge in [0.25, 0.3) is 17.7 Å². The van der Waals surface area contributed by atoms with Crippen molar-refractivity contribution in [1.82, 2.24) is 5.32 Å². The number of halogens is 6. The summed E-state index contributed by atoms with van der Waals surface area (Å²) in [6.07, 6.45) is -4.45. The van der Waals surface area contributed by atoms with Crippen LogP contribution >= 0.6 is 0 Å². The molecule has 33 heavy (non-hydrogen) atoms. The lowest BCUT2D eigenvalue weighted by molar-refractivity contribution is -0.171. The van der Waals surface area contributed by atoms with Crippen molar-refractivity contribution in [1.29, 1.82) is 0 Å². The smallest absolute Gasteiger partial charge is 0.387 e. The number of hydrogen-bond donors (Lipinski definition) is 3. The third-order valence-electron chi connectivity index (χ3n) is 4.14. The molecule has 182 valence electrons. The summed E-state index contributed by atoms with van der Waals surface area (Å²) < 4.78 is 85.8. The number of ether oxygens (including phenoxy) is 2. The van der Waals surface area contributed by atoms with E-state index in [0.29, 0.717) is 0 Å². The van der Waals surface area contributed by atoms with E-state index in [4.69, 9.17) is 10.5 Å². The zero-order valence-electron chi connectivity index (χ0n) is 16.3. The average Bonchev–Trinajstić information content (AvgIpc) is 2.72. The Morgan fingerprint density at radius 2 is 1.85 bits per heavy atom. The number of alkyl halides is 6. The SMILES string of the molecule is NC(=O)[C@@H](NC(=O)C(F)(F)C(F)F)C(=O)Nc1ccc(N2CCOCC2=O)cc1OC(F)F. The highest BCUT2D eigenvalue weighted by molar-refractivity contribution is 6.12. The molecule has 0 spiro atoms. The van der Waals surface area contributed by atoms with Gasteiger partial charge in [-0.25, -0.2) is 8.78 Å². The summed E-state index contributed by atoms with van der Waals surface area (Å²) in [5, 5.41) is 2.93. The molecule has 4 amide bonds. The quantitative estimate of drug-likeness (QED) is 0.342. The summed E-state index contributed by atoms with van der Waals surface area (Å²) in [4.78, 5) is 48.1. The Labute approximate surface area is 181 Å². The molecule has 0 saturated carbocycles. The van der Waals surface area contributed by atoms with Gasteiger partial charge in [-0.15, -0.1) is 0 Å². The zero-order valence-corrected chi connectivity index (χ0v) is 16.3. The van der Waals surface area contributed by atoms with Crippen LogP contribution < -0.4 is 26.0 Å². The molecule has 1 fully saturated rings. The maximum absolute atomic E-state index is 13.1. The van der Waals surface area contributed by atoms with Crippen LogP contribution in [0.25, 0.3) is 0 Å². The van der Waals surface area contributed by atoms with Crippen molar-refractivity contribution in [3.05, 3.63) is 18.2 Å². The fourth-order valence-electron chi connectivity index (χ4n) is 2.56. The first kappa shape index (κ1) is 25.7. The number of anilines is 2. The fraction of sp³-hybridized carbons (Fsp3) is 0.412. The van der Waals surface area contributed by atoms with E-state index in [9.17, 15) is 45.5 Å². The number of hydrogen-bond acceptors (Lipinski definition) is 6. The summed E-state index contributed by atoms with van der Waals surface area (Å²) in [6, 6.07) is 0.539. The number of carbonyl (C=O) groups is 4. The number of rotatable bonds is 9. The van der Waals surface area contributed by atoms with Crippen LogP contribution in [0.5, 0.6) is 5.75 Å². The van der Waals surface area contributed by atoms with Crippen molar-refractivity contribution in [2.45, 2.75) is 25.0 Å². The van der Waals surface area contributed by atoms with Crippen molar-refractivity contribution >= 4 is 35.0 Å². The van der Waals surface area contributed by atoms with E-state index in [1.165, 1.54) is 11.0 Å². The Bertz CT molecular complexity index is 931. The topological polar surface area (TPSA) is 140 Å². The lowest BCUT2D eigenvalue weighted by atomic mass is 10.2. The van der Waals surface area contributed by atoms with Crippen molar-refractivity contribution in [2.75, 3.05) is 30.0 Å². The van der Waals surface area contributed by atoms with Crippen molar-refractivity contribution < 1.29 is 55.0 Å². The van der Waals surface area contributed by atoms with Gasteiger partial charge in [0.15, 0.2) is 11.8 Å². The average molecular weight is 486 g/mol. The summed E-state index contributed by atoms with van der Waals surface area (Å²) in [6.45, 7) is -3.45. The molecule has 1 atom stereocenters. The van der Waals surface area contributed by atoms with Crippen LogP contribution in [0.2, 0.25) is 0 Å². The molecule has 0 radical (unpaired) electrons. The second-order valence-electron chi connectivity index (χ2n) is 6.38. The van der Waals surface area contributed by atoms with Crippen LogP contribution in [0.4, 0.5) is 37.7 Å². The highest BCUT2D eigenvalue weighted by Crippen LogP contribution is 2.32. The number of amides is 4. The Morgan fingerprint density at radius 3 is 2.39 bits per heavy atom. The molecular formula is C17H16F6N4O6. The summed E-state index contributed by atoms with van der Waals surface area (Å²) in [5.74, 6) is -12.4.